The Bertz CT molecular complexity index is 599. The molecule has 0 unspecified atom stereocenters. The molecule has 0 spiro atoms. The van der Waals surface area contributed by atoms with Crippen molar-refractivity contribution >= 4 is 70.3 Å². The van der Waals surface area contributed by atoms with Crippen LogP contribution in [0.5, 0.6) is 0 Å². The molecule has 1 rings (SSSR count). The molecule has 0 saturated heterocycles. The highest BCUT2D eigenvalue weighted by Gasteiger charge is 2.06. The Labute approximate surface area is 176 Å². The average molecular weight is 463 g/mol. The predicted molar refractivity (Wildman–Crippen MR) is 107 cm³/mol. The highest BCUT2D eigenvalue weighted by Crippen LogP contribution is 2.02. The molecule has 0 saturated carbocycles. The summed E-state index contributed by atoms with van der Waals surface area (Å²) in [6.45, 7) is 0.611. The zero-order valence-electron chi connectivity index (χ0n) is 14.0. The Balaban J connectivity index is 0. The number of nitrogens with one attached hydrogen (secondary N) is 3. The smallest absolute Gasteiger partial charge is 0.337 e. The van der Waals surface area contributed by atoms with Crippen LogP contribution >= 0.6 is 46.4 Å². The van der Waals surface area contributed by atoms with E-state index in [9.17, 15) is 9.59 Å². The highest BCUT2D eigenvalue weighted by molar-refractivity contribution is 6.53. The fraction of sp³-hybridized carbons (Fsp3) is 0.286. The van der Waals surface area contributed by atoms with Gasteiger partial charge in [-0.25, -0.2) is 9.59 Å². The first-order valence-electron chi connectivity index (χ1n) is 6.85. The van der Waals surface area contributed by atoms with E-state index in [0.29, 0.717) is 6.54 Å². The monoisotopic (exact) mass is 461 g/mol. The van der Waals surface area contributed by atoms with E-state index in [-0.39, 0.29) is 11.9 Å². The van der Waals surface area contributed by atoms with Gasteiger partial charge in [0.25, 0.3) is 0 Å². The molecule has 0 aliphatic heterocycles. The maximum Gasteiger partial charge on any atom is 0.337 e. The third-order valence-corrected chi connectivity index (χ3v) is 3.02. The molecule has 0 radical (unpaired) electrons. The third-order valence-electron chi connectivity index (χ3n) is 2.27. The summed E-state index contributed by atoms with van der Waals surface area (Å²) >= 11 is 19.1. The third kappa shape index (κ3) is 17.2. The molecule has 13 heteroatoms. The molecule has 27 heavy (non-hydrogen) atoms. The lowest BCUT2D eigenvalue weighted by atomic mass is 10.2. The standard InChI is InChI=1S/C10H15N5.2C2H2Cl2O2/c1-15(10(13)14-9(11)12)7-8-5-3-2-4-6-8;2*3-1(4)2(5)6/h2-6H,7H2,1H3,(H5,11,12,13,14);2*1H,(H,5,6). The van der Waals surface area contributed by atoms with Gasteiger partial charge in [0, 0.05) is 13.6 Å². The normalized spacial score (nSPS) is 9.30. The van der Waals surface area contributed by atoms with Crippen LogP contribution in [0.25, 0.3) is 0 Å². The Hall–Kier alpha value is -1.94. The van der Waals surface area contributed by atoms with Crippen molar-refractivity contribution in [3.63, 3.8) is 0 Å². The molecule has 1 aromatic carbocycles. The zero-order valence-corrected chi connectivity index (χ0v) is 17.0. The molecule has 0 heterocycles. The largest absolute Gasteiger partial charge is 0.479 e. The van der Waals surface area contributed by atoms with Gasteiger partial charge in [-0.2, -0.15) is 0 Å². The van der Waals surface area contributed by atoms with Gasteiger partial charge in [0.05, 0.1) is 0 Å². The Morgan fingerprint density at radius 2 is 1.44 bits per heavy atom. The van der Waals surface area contributed by atoms with E-state index in [1.807, 2.05) is 30.3 Å². The lowest BCUT2D eigenvalue weighted by Crippen LogP contribution is -2.43. The van der Waals surface area contributed by atoms with Gasteiger partial charge in [0.1, 0.15) is 0 Å². The summed E-state index contributed by atoms with van der Waals surface area (Å²) in [6.07, 6.45) is 0. The first kappa shape index (κ1) is 27.3. The maximum atomic E-state index is 9.44. The molecule has 0 fully saturated rings. The first-order valence-corrected chi connectivity index (χ1v) is 8.59. The lowest BCUT2D eigenvalue weighted by molar-refractivity contribution is -0.136. The van der Waals surface area contributed by atoms with E-state index in [4.69, 9.17) is 73.2 Å². The van der Waals surface area contributed by atoms with E-state index >= 15 is 0 Å². The number of hydrogen-bond donors (Lipinski definition) is 6. The molecule has 0 aromatic heterocycles. The van der Waals surface area contributed by atoms with Crippen LogP contribution in [-0.4, -0.2) is 55.7 Å². The number of nitrogens with two attached hydrogens (primary N) is 1. The Morgan fingerprint density at radius 1 is 1.07 bits per heavy atom. The van der Waals surface area contributed by atoms with Crippen LogP contribution in [0, 0.1) is 10.8 Å². The molecule has 1 aromatic rings. The number of benzene rings is 1. The lowest BCUT2D eigenvalue weighted by Gasteiger charge is -2.20. The number of halogens is 4. The van der Waals surface area contributed by atoms with Gasteiger partial charge in [-0.3, -0.25) is 16.1 Å². The van der Waals surface area contributed by atoms with Crippen LogP contribution in [-0.2, 0) is 16.1 Å². The molecule has 0 bridgehead atoms. The van der Waals surface area contributed by atoms with Crippen molar-refractivity contribution in [3.05, 3.63) is 35.9 Å². The summed E-state index contributed by atoms with van der Waals surface area (Å²) in [5, 5.41) is 32.5. The van der Waals surface area contributed by atoms with Crippen molar-refractivity contribution < 1.29 is 19.8 Å². The van der Waals surface area contributed by atoms with E-state index in [0.717, 1.165) is 5.56 Å². The summed E-state index contributed by atoms with van der Waals surface area (Å²) in [4.78, 5) is 18.0. The quantitative estimate of drug-likeness (QED) is 0.227. The van der Waals surface area contributed by atoms with Crippen LogP contribution in [0.1, 0.15) is 5.56 Å². The van der Waals surface area contributed by atoms with Crippen molar-refractivity contribution in [3.8, 4) is 0 Å². The Kier molecular flexibility index (Phi) is 15.3. The van der Waals surface area contributed by atoms with Gasteiger partial charge >= 0.3 is 11.9 Å². The number of aliphatic carboxylic acids is 2. The SMILES string of the molecule is CN(Cc1ccccc1)C(=N)NC(=N)N.O=C(O)C(Cl)Cl.O=C(O)C(Cl)Cl. The summed E-state index contributed by atoms with van der Waals surface area (Å²) in [5.41, 5.74) is 6.24. The summed E-state index contributed by atoms with van der Waals surface area (Å²) < 4.78 is 0. The number of carboxylic acids is 2. The van der Waals surface area contributed by atoms with Gasteiger partial charge in [-0.05, 0) is 5.56 Å². The van der Waals surface area contributed by atoms with Gasteiger partial charge in [-0.1, -0.05) is 76.7 Å². The van der Waals surface area contributed by atoms with Crippen molar-refractivity contribution in [2.45, 2.75) is 16.2 Å². The zero-order chi connectivity index (χ0) is 21.6. The minimum atomic E-state index is -1.29. The second-order valence-corrected chi connectivity index (χ2v) is 6.70. The highest BCUT2D eigenvalue weighted by atomic mass is 35.5. The molecule has 0 aliphatic carbocycles. The molecule has 152 valence electrons. The number of carboxylic acid groups (broad SMARTS) is 2. The number of carbonyl (C=O) groups is 2. The number of nitrogens with zero attached hydrogens (tertiary/aromatic N) is 1. The molecular weight excluding hydrogens is 444 g/mol. The molecule has 0 atom stereocenters. The summed E-state index contributed by atoms with van der Waals surface area (Å²) in [7, 11) is 1.77. The fourth-order valence-corrected chi connectivity index (χ4v) is 1.16. The minimum Gasteiger partial charge on any atom is -0.479 e. The van der Waals surface area contributed by atoms with Crippen LogP contribution in [0.3, 0.4) is 0 Å². The van der Waals surface area contributed by atoms with Gasteiger partial charge in [0.15, 0.2) is 11.9 Å². The van der Waals surface area contributed by atoms with Crippen LogP contribution in [0.2, 0.25) is 0 Å². The van der Waals surface area contributed by atoms with Crippen LogP contribution in [0.15, 0.2) is 30.3 Å². The average Bonchev–Trinajstić information content (AvgIpc) is 2.56. The molecule has 0 amide bonds. The number of guanidine groups is 2. The van der Waals surface area contributed by atoms with Crippen LogP contribution < -0.4 is 11.1 Å². The van der Waals surface area contributed by atoms with E-state index < -0.39 is 21.6 Å². The van der Waals surface area contributed by atoms with Crippen molar-refractivity contribution in [2.24, 2.45) is 5.73 Å². The van der Waals surface area contributed by atoms with Crippen molar-refractivity contribution in [1.29, 1.82) is 10.8 Å². The van der Waals surface area contributed by atoms with Crippen molar-refractivity contribution in [1.82, 2.24) is 10.2 Å². The van der Waals surface area contributed by atoms with E-state index in [1.165, 1.54) is 0 Å². The summed E-state index contributed by atoms with van der Waals surface area (Å²) in [5.74, 6) is -2.53. The number of hydrogen-bond acceptors (Lipinski definition) is 4. The van der Waals surface area contributed by atoms with Gasteiger partial charge in [-0.15, -0.1) is 0 Å². The minimum absolute atomic E-state index is 0.117. The van der Waals surface area contributed by atoms with Crippen molar-refractivity contribution in [2.75, 3.05) is 7.05 Å². The molecule has 9 nitrogen and oxygen atoms in total. The topological polar surface area (TPSA) is 164 Å². The predicted octanol–water partition coefficient (Wildman–Crippen LogP) is 2.29. The first-order chi connectivity index (χ1) is 12.4. The summed E-state index contributed by atoms with van der Waals surface area (Å²) in [6, 6.07) is 9.81. The van der Waals surface area contributed by atoms with E-state index in [2.05, 4.69) is 5.32 Å². The van der Waals surface area contributed by atoms with Crippen LogP contribution in [0.4, 0.5) is 0 Å². The Morgan fingerprint density at radius 3 is 1.74 bits per heavy atom. The van der Waals surface area contributed by atoms with Gasteiger partial charge < -0.3 is 20.8 Å². The number of alkyl halides is 4. The second-order valence-electron chi connectivity index (χ2n) is 4.51. The van der Waals surface area contributed by atoms with Gasteiger partial charge in [0.2, 0.25) is 9.67 Å². The molecule has 0 aliphatic rings. The number of rotatable bonds is 4. The van der Waals surface area contributed by atoms with E-state index in [1.54, 1.807) is 11.9 Å². The second kappa shape index (κ2) is 15.2. The molecule has 7 N–H and O–H groups in total. The fourth-order valence-electron chi connectivity index (χ4n) is 1.16. The maximum absolute atomic E-state index is 9.44. The molecular formula is C14H19Cl4N5O4.